The van der Waals surface area contributed by atoms with Crippen LogP contribution in [0.1, 0.15) is 17.3 Å². The molecule has 0 saturated carbocycles. The lowest BCUT2D eigenvalue weighted by atomic mass is 10.0. The van der Waals surface area contributed by atoms with Crippen LogP contribution >= 0.6 is 0 Å². The minimum Gasteiger partial charge on any atom is -0.492 e. The number of ether oxygens (including phenoxy) is 1. The predicted octanol–water partition coefficient (Wildman–Crippen LogP) is 2.24. The van der Waals surface area contributed by atoms with Gasteiger partial charge in [0.2, 0.25) is 0 Å². The molecule has 3 aromatic rings. The third kappa shape index (κ3) is 1.92. The number of fused-ring (bicyclic) bond motifs is 1. The topological polar surface area (TPSA) is 87.1 Å². The van der Waals surface area contributed by atoms with Crippen molar-refractivity contribution in [3.8, 4) is 17.3 Å². The molecule has 1 aromatic carbocycles. The van der Waals surface area contributed by atoms with Crippen molar-refractivity contribution in [1.29, 1.82) is 0 Å². The van der Waals surface area contributed by atoms with Gasteiger partial charge in [-0.3, -0.25) is 0 Å². The summed E-state index contributed by atoms with van der Waals surface area (Å²) in [6, 6.07) is 11.4. The summed E-state index contributed by atoms with van der Waals surface area (Å²) in [5, 5.41) is 4.05. The number of pyridine rings is 1. The molecule has 1 unspecified atom stereocenters. The summed E-state index contributed by atoms with van der Waals surface area (Å²) in [6.07, 6.45) is 1.64. The second-order valence-electron chi connectivity index (χ2n) is 4.80. The average Bonchev–Trinajstić information content (AvgIpc) is 3.14. The fourth-order valence-corrected chi connectivity index (χ4v) is 2.45. The lowest BCUT2D eigenvalue weighted by Crippen LogP contribution is -2.04. The molecule has 6 nitrogen and oxygen atoms in total. The molecular weight excluding hydrogens is 268 g/mol. The van der Waals surface area contributed by atoms with E-state index in [0.717, 1.165) is 11.3 Å². The lowest BCUT2D eigenvalue weighted by Gasteiger charge is -2.01. The molecule has 1 aliphatic heterocycles. The van der Waals surface area contributed by atoms with Crippen LogP contribution in [0.25, 0.3) is 11.6 Å². The highest BCUT2D eigenvalue weighted by molar-refractivity contribution is 5.65. The van der Waals surface area contributed by atoms with Gasteiger partial charge >= 0.3 is 0 Å². The normalized spacial score (nSPS) is 16.5. The second-order valence-corrected chi connectivity index (χ2v) is 4.80. The van der Waals surface area contributed by atoms with Crippen molar-refractivity contribution >= 4 is 5.69 Å². The molecule has 21 heavy (non-hydrogen) atoms. The Morgan fingerprint density at radius 2 is 2.05 bits per heavy atom. The zero-order valence-corrected chi connectivity index (χ0v) is 11.1. The second kappa shape index (κ2) is 4.59. The summed E-state index contributed by atoms with van der Waals surface area (Å²) in [5.41, 5.74) is 7.96. The summed E-state index contributed by atoms with van der Waals surface area (Å²) < 4.78 is 10.9. The van der Waals surface area contributed by atoms with E-state index in [1.54, 1.807) is 18.3 Å². The number of nitrogens with zero attached hydrogens (tertiary/aromatic N) is 3. The molecule has 2 N–H and O–H groups in total. The van der Waals surface area contributed by atoms with Crippen LogP contribution in [0.2, 0.25) is 0 Å². The molecule has 104 valence electrons. The van der Waals surface area contributed by atoms with E-state index in [1.807, 2.05) is 24.3 Å². The van der Waals surface area contributed by atoms with Crippen LogP contribution in [0, 0.1) is 0 Å². The van der Waals surface area contributed by atoms with E-state index in [-0.39, 0.29) is 5.92 Å². The van der Waals surface area contributed by atoms with Gasteiger partial charge in [0.15, 0.2) is 11.5 Å². The maximum atomic E-state index is 5.88. The molecule has 0 amide bonds. The molecule has 3 heterocycles. The zero-order valence-electron chi connectivity index (χ0n) is 11.1. The first-order valence-electron chi connectivity index (χ1n) is 6.59. The van der Waals surface area contributed by atoms with Crippen LogP contribution < -0.4 is 10.5 Å². The minimum atomic E-state index is -0.0244. The van der Waals surface area contributed by atoms with Gasteiger partial charge in [-0.25, -0.2) is 4.98 Å². The van der Waals surface area contributed by atoms with E-state index >= 15 is 0 Å². The molecule has 1 aliphatic rings. The summed E-state index contributed by atoms with van der Waals surface area (Å²) >= 11 is 0. The fourth-order valence-electron chi connectivity index (χ4n) is 2.45. The maximum absolute atomic E-state index is 5.88. The van der Waals surface area contributed by atoms with Crippen molar-refractivity contribution in [2.24, 2.45) is 0 Å². The first kappa shape index (κ1) is 11.9. The van der Waals surface area contributed by atoms with Gasteiger partial charge in [0.1, 0.15) is 12.4 Å². The van der Waals surface area contributed by atoms with Gasteiger partial charge in [0.05, 0.1) is 11.6 Å². The van der Waals surface area contributed by atoms with Crippen LogP contribution in [0.4, 0.5) is 5.69 Å². The fraction of sp³-hybridized carbons (Fsp3) is 0.133. The van der Waals surface area contributed by atoms with Gasteiger partial charge in [-0.1, -0.05) is 23.4 Å². The quantitative estimate of drug-likeness (QED) is 0.774. The minimum absolute atomic E-state index is 0.0244. The van der Waals surface area contributed by atoms with E-state index in [9.17, 15) is 0 Å². The van der Waals surface area contributed by atoms with Gasteiger partial charge in [0.25, 0.3) is 5.89 Å². The third-order valence-electron chi connectivity index (χ3n) is 3.49. The molecule has 0 bridgehead atoms. The maximum Gasteiger partial charge on any atom is 0.278 e. The highest BCUT2D eigenvalue weighted by Gasteiger charge is 2.29. The first-order chi connectivity index (χ1) is 10.3. The molecule has 2 aromatic heterocycles. The van der Waals surface area contributed by atoms with E-state index in [2.05, 4.69) is 15.1 Å². The van der Waals surface area contributed by atoms with Gasteiger partial charge < -0.3 is 15.0 Å². The van der Waals surface area contributed by atoms with E-state index in [4.69, 9.17) is 15.0 Å². The average molecular weight is 280 g/mol. The van der Waals surface area contributed by atoms with Crippen LogP contribution in [-0.4, -0.2) is 21.7 Å². The number of hydrogen-bond donors (Lipinski definition) is 1. The highest BCUT2D eigenvalue weighted by Crippen LogP contribution is 2.37. The van der Waals surface area contributed by atoms with Gasteiger partial charge in [-0.05, 0) is 18.2 Å². The van der Waals surface area contributed by atoms with Gasteiger partial charge in [-0.15, -0.1) is 0 Å². The molecule has 6 heteroatoms. The molecule has 0 aliphatic carbocycles. The Morgan fingerprint density at radius 3 is 2.95 bits per heavy atom. The Balaban J connectivity index is 1.72. The standard InChI is InChI=1S/C15H12N4O2/c16-11-5-3-7-17-13(11)15-18-14(19-21-15)10-8-20-12-6-2-1-4-9(10)12/h1-7,10H,8,16H2. The van der Waals surface area contributed by atoms with E-state index in [1.165, 1.54) is 0 Å². The smallest absolute Gasteiger partial charge is 0.278 e. The number of para-hydroxylation sites is 1. The molecule has 0 fully saturated rings. The first-order valence-corrected chi connectivity index (χ1v) is 6.59. The Labute approximate surface area is 120 Å². The van der Waals surface area contributed by atoms with Gasteiger partial charge in [0, 0.05) is 11.8 Å². The third-order valence-corrected chi connectivity index (χ3v) is 3.49. The Bertz CT molecular complexity index is 800. The van der Waals surface area contributed by atoms with E-state index < -0.39 is 0 Å². The molecule has 1 atom stereocenters. The Kier molecular flexibility index (Phi) is 2.60. The Hall–Kier alpha value is -2.89. The number of rotatable bonds is 2. The number of hydrogen-bond acceptors (Lipinski definition) is 6. The SMILES string of the molecule is Nc1cccnc1-c1nc(C2COc3ccccc32)no1. The van der Waals surface area contributed by atoms with Crippen molar-refractivity contribution < 1.29 is 9.26 Å². The van der Waals surface area contributed by atoms with E-state index in [0.29, 0.717) is 29.7 Å². The monoisotopic (exact) mass is 280 g/mol. The van der Waals surface area contributed by atoms with Crippen molar-refractivity contribution in [3.05, 3.63) is 54.0 Å². The number of nitrogen functional groups attached to an aromatic ring is 1. The molecule has 4 rings (SSSR count). The summed E-state index contributed by atoms with van der Waals surface area (Å²) in [7, 11) is 0. The largest absolute Gasteiger partial charge is 0.492 e. The van der Waals surface area contributed by atoms with Crippen molar-refractivity contribution in [1.82, 2.24) is 15.1 Å². The summed E-state index contributed by atoms with van der Waals surface area (Å²) in [5.74, 6) is 1.75. The molecule has 0 radical (unpaired) electrons. The number of anilines is 1. The van der Waals surface area contributed by atoms with Crippen LogP contribution in [0.15, 0.2) is 47.1 Å². The van der Waals surface area contributed by atoms with Gasteiger partial charge in [-0.2, -0.15) is 4.98 Å². The predicted molar refractivity (Wildman–Crippen MR) is 75.7 cm³/mol. The van der Waals surface area contributed by atoms with Crippen molar-refractivity contribution in [2.45, 2.75) is 5.92 Å². The Morgan fingerprint density at radius 1 is 1.14 bits per heavy atom. The van der Waals surface area contributed by atoms with Crippen LogP contribution in [0.3, 0.4) is 0 Å². The number of benzene rings is 1. The molecular formula is C15H12N4O2. The number of aromatic nitrogens is 3. The zero-order chi connectivity index (χ0) is 14.2. The highest BCUT2D eigenvalue weighted by atomic mass is 16.5. The summed E-state index contributed by atoms with van der Waals surface area (Å²) in [6.45, 7) is 0.510. The molecule has 0 spiro atoms. The van der Waals surface area contributed by atoms with Crippen LogP contribution in [0.5, 0.6) is 5.75 Å². The van der Waals surface area contributed by atoms with Crippen molar-refractivity contribution in [3.63, 3.8) is 0 Å². The lowest BCUT2D eigenvalue weighted by molar-refractivity contribution is 0.334. The summed E-state index contributed by atoms with van der Waals surface area (Å²) in [4.78, 5) is 8.60. The van der Waals surface area contributed by atoms with Crippen LogP contribution in [-0.2, 0) is 0 Å². The van der Waals surface area contributed by atoms with Crippen molar-refractivity contribution in [2.75, 3.05) is 12.3 Å². The number of nitrogens with two attached hydrogens (primary N) is 1. The molecule has 0 saturated heterocycles.